The minimum absolute atomic E-state index is 0.0115. The third kappa shape index (κ3) is 11.1. The molecule has 0 aliphatic heterocycles. The van der Waals surface area contributed by atoms with Gasteiger partial charge in [0.1, 0.15) is 18.1 Å². The van der Waals surface area contributed by atoms with Gasteiger partial charge in [-0.3, -0.25) is 14.4 Å². The summed E-state index contributed by atoms with van der Waals surface area (Å²) in [5.74, 6) is -3.26. The molecule has 5 atom stereocenters. The van der Waals surface area contributed by atoms with Gasteiger partial charge in [0.05, 0.1) is 12.1 Å². The van der Waals surface area contributed by atoms with Crippen molar-refractivity contribution in [2.75, 3.05) is 6.54 Å². The van der Waals surface area contributed by atoms with Crippen LogP contribution in [-0.4, -0.2) is 70.7 Å². The Morgan fingerprint density at radius 1 is 0.889 bits per heavy atom. The highest BCUT2D eigenvalue weighted by Crippen LogP contribution is 2.09. The highest BCUT2D eigenvalue weighted by atomic mass is 16.4. The number of carbonyl (C=O) groups excluding carboxylic acids is 3. The number of nitrogens with one attached hydrogen (secondary N) is 3. The number of rotatable bonds is 16. The number of benzene rings is 1. The molecule has 0 fully saturated rings. The maximum absolute atomic E-state index is 13.1. The monoisotopic (exact) mass is 507 g/mol. The van der Waals surface area contributed by atoms with Crippen LogP contribution in [0.3, 0.4) is 0 Å². The summed E-state index contributed by atoms with van der Waals surface area (Å²) in [7, 11) is 0. The molecule has 11 nitrogen and oxygen atoms in total. The second-order valence-corrected chi connectivity index (χ2v) is 9.40. The molecule has 1 aromatic rings. The van der Waals surface area contributed by atoms with Crippen molar-refractivity contribution in [1.29, 1.82) is 0 Å². The maximum atomic E-state index is 13.1. The van der Waals surface area contributed by atoms with E-state index < -0.39 is 54.0 Å². The van der Waals surface area contributed by atoms with E-state index in [1.807, 2.05) is 13.8 Å². The first-order valence-electron chi connectivity index (χ1n) is 12.3. The average Bonchev–Trinajstić information content (AvgIpc) is 2.81. The largest absolute Gasteiger partial charge is 0.480 e. The highest BCUT2D eigenvalue weighted by Gasteiger charge is 2.32. The van der Waals surface area contributed by atoms with Crippen LogP contribution in [0.4, 0.5) is 0 Å². The Morgan fingerprint density at radius 3 is 2.03 bits per heavy atom. The smallest absolute Gasteiger partial charge is 0.326 e. The van der Waals surface area contributed by atoms with E-state index in [4.69, 9.17) is 11.5 Å². The fourth-order valence-electron chi connectivity index (χ4n) is 3.59. The predicted octanol–water partition coefficient (Wildman–Crippen LogP) is -0.349. The molecule has 0 radical (unpaired) electrons. The summed E-state index contributed by atoms with van der Waals surface area (Å²) in [4.78, 5) is 50.3. The third-order valence-electron chi connectivity index (χ3n) is 5.61. The van der Waals surface area contributed by atoms with Crippen LogP contribution in [0.25, 0.3) is 0 Å². The molecular weight excluding hydrogens is 466 g/mol. The highest BCUT2D eigenvalue weighted by molar-refractivity contribution is 5.94. The number of unbranched alkanes of at least 4 members (excludes halogenated alkanes) is 1. The second-order valence-electron chi connectivity index (χ2n) is 9.40. The first kappa shape index (κ1) is 31.0. The van der Waals surface area contributed by atoms with Crippen molar-refractivity contribution in [3.63, 3.8) is 0 Å². The van der Waals surface area contributed by atoms with Gasteiger partial charge in [0.25, 0.3) is 0 Å². The molecule has 9 N–H and O–H groups in total. The van der Waals surface area contributed by atoms with Gasteiger partial charge in [-0.15, -0.1) is 0 Å². The summed E-state index contributed by atoms with van der Waals surface area (Å²) >= 11 is 0. The number of carbonyl (C=O) groups is 4. The first-order valence-corrected chi connectivity index (χ1v) is 12.3. The summed E-state index contributed by atoms with van der Waals surface area (Å²) in [6, 6.07) is 4.35. The van der Waals surface area contributed by atoms with Gasteiger partial charge in [-0.25, -0.2) is 4.79 Å². The molecule has 0 aromatic heterocycles. The summed E-state index contributed by atoms with van der Waals surface area (Å²) in [5.41, 5.74) is 12.1. The lowest BCUT2D eigenvalue weighted by Gasteiger charge is -2.27. The van der Waals surface area contributed by atoms with E-state index in [1.54, 1.807) is 30.3 Å². The number of aliphatic hydroxyl groups is 1. The van der Waals surface area contributed by atoms with Crippen molar-refractivity contribution < 1.29 is 29.4 Å². The molecule has 1 aromatic carbocycles. The van der Waals surface area contributed by atoms with Crippen LogP contribution < -0.4 is 27.4 Å². The molecule has 3 amide bonds. The zero-order valence-corrected chi connectivity index (χ0v) is 21.3. The van der Waals surface area contributed by atoms with Crippen molar-refractivity contribution in [2.24, 2.45) is 17.4 Å². The number of hydrogen-bond acceptors (Lipinski definition) is 7. The number of aliphatic hydroxyl groups excluding tert-OH is 1. The fourth-order valence-corrected chi connectivity index (χ4v) is 3.59. The number of nitrogens with two attached hydrogens (primary N) is 2. The quantitative estimate of drug-likeness (QED) is 0.147. The van der Waals surface area contributed by atoms with Gasteiger partial charge >= 0.3 is 5.97 Å². The Kier molecular flexibility index (Phi) is 13.7. The van der Waals surface area contributed by atoms with E-state index in [0.717, 1.165) is 5.56 Å². The van der Waals surface area contributed by atoms with E-state index in [2.05, 4.69) is 16.0 Å². The standard InChI is InChI=1S/C25H41N5O6/c1-15(2)13-20(25(35)36)29-23(33)19(14-17-9-5-4-6-10-17)28-24(34)21(16(3)31)30-22(32)18(27)11-7-8-12-26/h4-6,9-10,15-16,18-21,31H,7-8,11-14,26-27H2,1-3H3,(H,28,34)(H,29,33)(H,30,32)(H,35,36). The van der Waals surface area contributed by atoms with Crippen LogP contribution >= 0.6 is 0 Å². The van der Waals surface area contributed by atoms with Gasteiger partial charge in [0, 0.05) is 6.42 Å². The Labute approximate surface area is 212 Å². The molecule has 0 saturated carbocycles. The molecule has 0 saturated heterocycles. The number of hydrogen-bond donors (Lipinski definition) is 7. The van der Waals surface area contributed by atoms with E-state index in [0.29, 0.717) is 25.8 Å². The molecule has 0 aliphatic carbocycles. The van der Waals surface area contributed by atoms with Crippen molar-refractivity contribution >= 4 is 23.7 Å². The predicted molar refractivity (Wildman–Crippen MR) is 136 cm³/mol. The molecular formula is C25H41N5O6. The molecule has 0 heterocycles. The Morgan fingerprint density at radius 2 is 1.50 bits per heavy atom. The molecule has 36 heavy (non-hydrogen) atoms. The SMILES string of the molecule is CC(C)CC(NC(=O)C(Cc1ccccc1)NC(=O)C(NC(=O)C(N)CCCCN)C(C)O)C(=O)O. The van der Waals surface area contributed by atoms with E-state index >= 15 is 0 Å². The number of carboxylic acids is 1. The maximum Gasteiger partial charge on any atom is 0.326 e. The molecule has 202 valence electrons. The lowest BCUT2D eigenvalue weighted by molar-refractivity contribution is -0.143. The summed E-state index contributed by atoms with van der Waals surface area (Å²) in [6.45, 7) is 5.47. The summed E-state index contributed by atoms with van der Waals surface area (Å²) in [6.07, 6.45) is 0.705. The first-order chi connectivity index (χ1) is 17.0. The van der Waals surface area contributed by atoms with E-state index in [9.17, 15) is 29.4 Å². The lowest BCUT2D eigenvalue weighted by Crippen LogP contribution is -2.60. The molecule has 5 unspecified atom stereocenters. The Bertz CT molecular complexity index is 849. The Balaban J connectivity index is 3.03. The van der Waals surface area contributed by atoms with Gasteiger partial charge in [0.2, 0.25) is 17.7 Å². The van der Waals surface area contributed by atoms with Crippen molar-refractivity contribution in [2.45, 2.75) is 83.1 Å². The molecule has 0 bridgehead atoms. The number of amides is 3. The van der Waals surface area contributed by atoms with Crippen LogP contribution in [0, 0.1) is 5.92 Å². The molecule has 1 rings (SSSR count). The van der Waals surface area contributed by atoms with Gasteiger partial charge in [0.15, 0.2) is 0 Å². The van der Waals surface area contributed by atoms with Crippen molar-refractivity contribution in [3.05, 3.63) is 35.9 Å². The average molecular weight is 508 g/mol. The third-order valence-corrected chi connectivity index (χ3v) is 5.61. The molecule has 11 heteroatoms. The Hall–Kier alpha value is -3.02. The van der Waals surface area contributed by atoms with Crippen LogP contribution in [0.2, 0.25) is 0 Å². The molecule has 0 aliphatic rings. The minimum Gasteiger partial charge on any atom is -0.480 e. The zero-order valence-electron chi connectivity index (χ0n) is 21.3. The summed E-state index contributed by atoms with van der Waals surface area (Å²) in [5, 5.41) is 27.2. The fraction of sp³-hybridized carbons (Fsp3) is 0.600. The lowest BCUT2D eigenvalue weighted by atomic mass is 10.0. The van der Waals surface area contributed by atoms with Gasteiger partial charge < -0.3 is 37.6 Å². The number of aliphatic carboxylic acids is 1. The normalized spacial score (nSPS) is 15.3. The van der Waals surface area contributed by atoms with E-state index in [-0.39, 0.29) is 18.8 Å². The van der Waals surface area contributed by atoms with Crippen LogP contribution in [-0.2, 0) is 25.6 Å². The van der Waals surface area contributed by atoms with Crippen LogP contribution in [0.1, 0.15) is 52.0 Å². The van der Waals surface area contributed by atoms with Gasteiger partial charge in [-0.2, -0.15) is 0 Å². The van der Waals surface area contributed by atoms with Gasteiger partial charge in [-0.05, 0) is 44.2 Å². The minimum atomic E-state index is -1.37. The van der Waals surface area contributed by atoms with E-state index in [1.165, 1.54) is 6.92 Å². The van der Waals surface area contributed by atoms with Gasteiger partial charge in [-0.1, -0.05) is 50.6 Å². The number of carboxylic acid groups (broad SMARTS) is 1. The van der Waals surface area contributed by atoms with Crippen molar-refractivity contribution in [3.8, 4) is 0 Å². The van der Waals surface area contributed by atoms with Crippen LogP contribution in [0.5, 0.6) is 0 Å². The summed E-state index contributed by atoms with van der Waals surface area (Å²) < 4.78 is 0. The molecule has 0 spiro atoms. The second kappa shape index (κ2) is 15.9. The topological polar surface area (TPSA) is 197 Å². The zero-order chi connectivity index (χ0) is 27.3. The van der Waals surface area contributed by atoms with Crippen molar-refractivity contribution in [1.82, 2.24) is 16.0 Å². The van der Waals surface area contributed by atoms with Crippen LogP contribution in [0.15, 0.2) is 30.3 Å².